The molecule has 1 unspecified atom stereocenters. The summed E-state index contributed by atoms with van der Waals surface area (Å²) in [5.41, 5.74) is 0. The number of unbranched alkanes of at least 4 members (excludes halogenated alkanes) is 3. The van der Waals surface area contributed by atoms with Crippen LogP contribution in [-0.2, 0) is 0 Å². The van der Waals surface area contributed by atoms with Gasteiger partial charge < -0.3 is 9.88 Å². The average Bonchev–Trinajstić information content (AvgIpc) is 2.25. The van der Waals surface area contributed by atoms with Gasteiger partial charge in [-0.15, -0.1) is 0 Å². The third kappa shape index (κ3) is 4.66. The van der Waals surface area contributed by atoms with E-state index in [0.717, 1.165) is 0 Å². The van der Waals surface area contributed by atoms with E-state index in [1.807, 2.05) is 0 Å². The SMILES string of the molecule is CCCCCCC1NCCCN1[SiH](C)C. The van der Waals surface area contributed by atoms with E-state index in [1.54, 1.807) is 0 Å². The molecule has 0 amide bonds. The average molecular weight is 228 g/mol. The van der Waals surface area contributed by atoms with Crippen LogP contribution in [0, 0.1) is 0 Å². The van der Waals surface area contributed by atoms with Crippen LogP contribution in [0.3, 0.4) is 0 Å². The van der Waals surface area contributed by atoms with Gasteiger partial charge in [-0.2, -0.15) is 0 Å². The Kier molecular flexibility index (Phi) is 6.53. The molecule has 1 atom stereocenters. The van der Waals surface area contributed by atoms with Crippen molar-refractivity contribution in [2.75, 3.05) is 13.1 Å². The zero-order valence-corrected chi connectivity index (χ0v) is 11.9. The van der Waals surface area contributed by atoms with E-state index in [2.05, 4.69) is 29.9 Å². The van der Waals surface area contributed by atoms with Crippen molar-refractivity contribution < 1.29 is 0 Å². The van der Waals surface area contributed by atoms with Gasteiger partial charge in [-0.05, 0) is 25.9 Å². The second kappa shape index (κ2) is 7.42. The molecule has 0 aromatic rings. The summed E-state index contributed by atoms with van der Waals surface area (Å²) in [5.74, 6) is 0. The molecular formula is C12H28N2Si. The fourth-order valence-corrected chi connectivity index (χ4v) is 4.13. The Morgan fingerprint density at radius 2 is 2.07 bits per heavy atom. The second-order valence-corrected chi connectivity index (χ2v) is 7.86. The van der Waals surface area contributed by atoms with Crippen LogP contribution in [0.4, 0.5) is 0 Å². The van der Waals surface area contributed by atoms with Crippen LogP contribution in [0.5, 0.6) is 0 Å². The van der Waals surface area contributed by atoms with Crippen LogP contribution >= 0.6 is 0 Å². The first kappa shape index (κ1) is 13.2. The summed E-state index contributed by atoms with van der Waals surface area (Å²) in [5, 5.41) is 3.69. The molecule has 0 spiro atoms. The molecule has 1 fully saturated rings. The molecule has 15 heavy (non-hydrogen) atoms. The largest absolute Gasteiger partial charge is 0.312 e. The van der Waals surface area contributed by atoms with Crippen molar-refractivity contribution in [2.24, 2.45) is 0 Å². The first-order valence-corrected chi connectivity index (χ1v) is 9.57. The quantitative estimate of drug-likeness (QED) is 0.555. The summed E-state index contributed by atoms with van der Waals surface area (Å²) in [6, 6.07) is 0. The zero-order valence-electron chi connectivity index (χ0n) is 10.8. The lowest BCUT2D eigenvalue weighted by molar-refractivity contribution is 0.212. The summed E-state index contributed by atoms with van der Waals surface area (Å²) < 4.78 is 2.76. The molecule has 90 valence electrons. The molecule has 1 saturated heterocycles. The fraction of sp³-hybridized carbons (Fsp3) is 1.00. The molecule has 1 aliphatic heterocycles. The molecular weight excluding hydrogens is 200 g/mol. The van der Waals surface area contributed by atoms with Gasteiger partial charge in [0.15, 0.2) is 0 Å². The van der Waals surface area contributed by atoms with Crippen LogP contribution in [0.2, 0.25) is 13.1 Å². The molecule has 0 aliphatic carbocycles. The van der Waals surface area contributed by atoms with Crippen LogP contribution in [0.15, 0.2) is 0 Å². The van der Waals surface area contributed by atoms with Gasteiger partial charge in [0.1, 0.15) is 8.96 Å². The van der Waals surface area contributed by atoms with Gasteiger partial charge in [0.25, 0.3) is 0 Å². The third-order valence-electron chi connectivity index (χ3n) is 3.37. The van der Waals surface area contributed by atoms with E-state index in [9.17, 15) is 0 Å². The van der Waals surface area contributed by atoms with E-state index < -0.39 is 8.96 Å². The molecule has 1 aliphatic rings. The summed E-state index contributed by atoms with van der Waals surface area (Å²) in [4.78, 5) is 0. The minimum Gasteiger partial charge on any atom is -0.312 e. The number of hydrogen-bond acceptors (Lipinski definition) is 2. The van der Waals surface area contributed by atoms with Crippen LogP contribution in [0.25, 0.3) is 0 Å². The number of nitrogens with zero attached hydrogens (tertiary/aromatic N) is 1. The second-order valence-electron chi connectivity index (χ2n) is 5.00. The minimum atomic E-state index is -0.598. The van der Waals surface area contributed by atoms with Crippen molar-refractivity contribution in [3.8, 4) is 0 Å². The van der Waals surface area contributed by atoms with E-state index in [-0.39, 0.29) is 0 Å². The highest BCUT2D eigenvalue weighted by Gasteiger charge is 2.23. The molecule has 3 heteroatoms. The summed E-state index contributed by atoms with van der Waals surface area (Å²) in [6.07, 6.45) is 9.00. The van der Waals surface area contributed by atoms with Crippen LogP contribution < -0.4 is 5.32 Å². The maximum Gasteiger partial charge on any atom is 0.107 e. The third-order valence-corrected chi connectivity index (χ3v) is 5.31. The number of rotatable bonds is 6. The van der Waals surface area contributed by atoms with Crippen molar-refractivity contribution in [1.82, 2.24) is 9.88 Å². The highest BCUT2D eigenvalue weighted by Crippen LogP contribution is 2.14. The van der Waals surface area contributed by atoms with Crippen molar-refractivity contribution in [2.45, 2.75) is 64.7 Å². The minimum absolute atomic E-state index is 0.598. The lowest BCUT2D eigenvalue weighted by Gasteiger charge is -2.39. The smallest absolute Gasteiger partial charge is 0.107 e. The normalized spacial score (nSPS) is 23.6. The molecule has 0 aromatic carbocycles. The number of hydrogen-bond donors (Lipinski definition) is 1. The zero-order chi connectivity index (χ0) is 11.1. The molecule has 0 saturated carbocycles. The number of nitrogens with one attached hydrogen (secondary N) is 1. The van der Waals surface area contributed by atoms with Crippen molar-refractivity contribution in [3.63, 3.8) is 0 Å². The molecule has 0 radical (unpaired) electrons. The standard InChI is InChI=1S/C12H28N2Si/c1-4-5-6-7-9-12-13-10-8-11-14(12)15(2)3/h12-13,15H,4-11H2,1-3H3. The maximum absolute atomic E-state index is 3.69. The van der Waals surface area contributed by atoms with Gasteiger partial charge in [-0.25, -0.2) is 0 Å². The van der Waals surface area contributed by atoms with Gasteiger partial charge in [0.2, 0.25) is 0 Å². The van der Waals surface area contributed by atoms with Gasteiger partial charge in [-0.1, -0.05) is 45.7 Å². The highest BCUT2D eigenvalue weighted by atomic mass is 28.3. The Labute approximate surface area is 97.1 Å². The maximum atomic E-state index is 3.69. The summed E-state index contributed by atoms with van der Waals surface area (Å²) >= 11 is 0. The van der Waals surface area contributed by atoms with E-state index in [0.29, 0.717) is 6.17 Å². The van der Waals surface area contributed by atoms with E-state index >= 15 is 0 Å². The summed E-state index contributed by atoms with van der Waals surface area (Å²) in [6.45, 7) is 9.76. The fourth-order valence-electron chi connectivity index (χ4n) is 2.45. The Bertz CT molecular complexity index is 162. The van der Waals surface area contributed by atoms with Crippen molar-refractivity contribution in [3.05, 3.63) is 0 Å². The van der Waals surface area contributed by atoms with Crippen molar-refractivity contribution >= 4 is 8.96 Å². The summed E-state index contributed by atoms with van der Waals surface area (Å²) in [7, 11) is -0.598. The predicted molar refractivity (Wildman–Crippen MR) is 70.7 cm³/mol. The van der Waals surface area contributed by atoms with E-state index in [4.69, 9.17) is 0 Å². The Hall–Kier alpha value is 0.137. The van der Waals surface area contributed by atoms with Crippen LogP contribution in [-0.4, -0.2) is 32.8 Å². The Morgan fingerprint density at radius 3 is 2.73 bits per heavy atom. The monoisotopic (exact) mass is 228 g/mol. The molecule has 1 rings (SSSR count). The lowest BCUT2D eigenvalue weighted by Crippen LogP contribution is -2.55. The molecule has 0 aromatic heterocycles. The topological polar surface area (TPSA) is 15.3 Å². The molecule has 1 heterocycles. The molecule has 2 nitrogen and oxygen atoms in total. The first-order chi connectivity index (χ1) is 7.25. The first-order valence-electron chi connectivity index (χ1n) is 6.74. The predicted octanol–water partition coefficient (Wildman–Crippen LogP) is 2.56. The van der Waals surface area contributed by atoms with Gasteiger partial charge in [-0.3, -0.25) is 0 Å². The van der Waals surface area contributed by atoms with E-state index in [1.165, 1.54) is 51.6 Å². The lowest BCUT2D eigenvalue weighted by atomic mass is 10.1. The highest BCUT2D eigenvalue weighted by molar-refractivity contribution is 6.52. The van der Waals surface area contributed by atoms with Gasteiger partial charge >= 0.3 is 0 Å². The Morgan fingerprint density at radius 1 is 1.27 bits per heavy atom. The van der Waals surface area contributed by atoms with Crippen molar-refractivity contribution in [1.29, 1.82) is 0 Å². The molecule has 1 N–H and O–H groups in total. The van der Waals surface area contributed by atoms with Gasteiger partial charge in [0.05, 0.1) is 6.17 Å². The van der Waals surface area contributed by atoms with Gasteiger partial charge in [0, 0.05) is 0 Å². The molecule has 0 bridgehead atoms. The Balaban J connectivity index is 2.23. The van der Waals surface area contributed by atoms with Crippen LogP contribution in [0.1, 0.15) is 45.4 Å².